The first kappa shape index (κ1) is 13.4. The number of halogens is 3. The number of carbonyl (C=O) groups is 1. The van der Waals surface area contributed by atoms with Gasteiger partial charge in [-0.05, 0) is 54.1 Å². The first-order valence-electron chi connectivity index (χ1n) is 5.49. The summed E-state index contributed by atoms with van der Waals surface area (Å²) in [6, 6.07) is 9.13. The van der Waals surface area contributed by atoms with Crippen molar-refractivity contribution in [2.24, 2.45) is 0 Å². The highest BCUT2D eigenvalue weighted by Gasteiger charge is 2.03. The molecule has 0 radical (unpaired) electrons. The van der Waals surface area contributed by atoms with E-state index in [0.717, 1.165) is 0 Å². The molecule has 0 fully saturated rings. The van der Waals surface area contributed by atoms with Crippen LogP contribution in [0.15, 0.2) is 48.5 Å². The lowest BCUT2D eigenvalue weighted by atomic mass is 10.1. The van der Waals surface area contributed by atoms with E-state index in [9.17, 15) is 13.6 Å². The average molecular weight is 279 g/mol. The van der Waals surface area contributed by atoms with Crippen LogP contribution in [0.4, 0.5) is 8.78 Å². The molecule has 0 saturated heterocycles. The molecular formula is C15H9ClF2O. The van der Waals surface area contributed by atoms with Gasteiger partial charge in [-0.2, -0.15) is 0 Å². The monoisotopic (exact) mass is 278 g/mol. The lowest BCUT2D eigenvalue weighted by molar-refractivity contribution is 0.104. The van der Waals surface area contributed by atoms with Crippen LogP contribution in [0, 0.1) is 11.6 Å². The third-order valence-electron chi connectivity index (χ3n) is 2.51. The van der Waals surface area contributed by atoms with Crippen molar-refractivity contribution in [2.45, 2.75) is 0 Å². The number of carbonyl (C=O) groups excluding carboxylic acids is 1. The van der Waals surface area contributed by atoms with E-state index in [0.29, 0.717) is 11.1 Å². The van der Waals surface area contributed by atoms with Crippen molar-refractivity contribution in [1.82, 2.24) is 0 Å². The van der Waals surface area contributed by atoms with Gasteiger partial charge in [0.15, 0.2) is 5.78 Å². The molecule has 96 valence electrons. The number of benzene rings is 2. The summed E-state index contributed by atoms with van der Waals surface area (Å²) >= 11 is 5.83. The van der Waals surface area contributed by atoms with Crippen molar-refractivity contribution in [3.63, 3.8) is 0 Å². The van der Waals surface area contributed by atoms with Crippen molar-refractivity contribution in [2.75, 3.05) is 0 Å². The van der Waals surface area contributed by atoms with Gasteiger partial charge in [0, 0.05) is 5.56 Å². The summed E-state index contributed by atoms with van der Waals surface area (Å²) in [6.45, 7) is 0. The SMILES string of the molecule is O=C(/C=C/c1ccc(F)cc1Cl)c1ccc(F)cc1. The Morgan fingerprint density at radius 1 is 1.00 bits per heavy atom. The molecule has 0 amide bonds. The molecule has 0 heterocycles. The molecular weight excluding hydrogens is 270 g/mol. The van der Waals surface area contributed by atoms with Gasteiger partial charge in [-0.25, -0.2) is 8.78 Å². The lowest BCUT2D eigenvalue weighted by Crippen LogP contribution is -1.93. The topological polar surface area (TPSA) is 17.1 Å². The van der Waals surface area contributed by atoms with Crippen molar-refractivity contribution >= 4 is 23.5 Å². The van der Waals surface area contributed by atoms with E-state index in [-0.39, 0.29) is 10.8 Å². The van der Waals surface area contributed by atoms with Gasteiger partial charge in [-0.1, -0.05) is 17.7 Å². The average Bonchev–Trinajstić information content (AvgIpc) is 2.38. The first-order valence-corrected chi connectivity index (χ1v) is 5.87. The van der Waals surface area contributed by atoms with Crippen molar-refractivity contribution in [3.8, 4) is 0 Å². The van der Waals surface area contributed by atoms with Gasteiger partial charge in [0.25, 0.3) is 0 Å². The molecule has 2 aromatic carbocycles. The van der Waals surface area contributed by atoms with Crippen LogP contribution in [-0.2, 0) is 0 Å². The van der Waals surface area contributed by atoms with Gasteiger partial charge in [0.05, 0.1) is 5.02 Å². The molecule has 0 spiro atoms. The molecule has 0 atom stereocenters. The molecule has 2 aromatic rings. The highest BCUT2D eigenvalue weighted by Crippen LogP contribution is 2.18. The second kappa shape index (κ2) is 5.76. The molecule has 0 unspecified atom stereocenters. The van der Waals surface area contributed by atoms with Gasteiger partial charge in [0.1, 0.15) is 11.6 Å². The van der Waals surface area contributed by atoms with Crippen LogP contribution in [0.3, 0.4) is 0 Å². The zero-order valence-electron chi connectivity index (χ0n) is 9.74. The van der Waals surface area contributed by atoms with E-state index in [1.165, 1.54) is 54.6 Å². The van der Waals surface area contributed by atoms with Crippen LogP contribution >= 0.6 is 11.6 Å². The largest absolute Gasteiger partial charge is 0.289 e. The summed E-state index contributed by atoms with van der Waals surface area (Å²) in [5.74, 6) is -1.12. The second-order valence-corrected chi connectivity index (χ2v) is 4.28. The quantitative estimate of drug-likeness (QED) is 0.596. The molecule has 0 aliphatic heterocycles. The fourth-order valence-corrected chi connectivity index (χ4v) is 1.74. The van der Waals surface area contributed by atoms with Crippen LogP contribution < -0.4 is 0 Å². The van der Waals surface area contributed by atoms with Crippen molar-refractivity contribution < 1.29 is 13.6 Å². The summed E-state index contributed by atoms with van der Waals surface area (Å²) in [4.78, 5) is 11.8. The Kier molecular flexibility index (Phi) is 4.07. The van der Waals surface area contributed by atoms with Crippen LogP contribution in [0.2, 0.25) is 5.02 Å². The van der Waals surface area contributed by atoms with Crippen molar-refractivity contribution in [1.29, 1.82) is 0 Å². The highest BCUT2D eigenvalue weighted by atomic mass is 35.5. The van der Waals surface area contributed by atoms with E-state index in [4.69, 9.17) is 11.6 Å². The smallest absolute Gasteiger partial charge is 0.185 e. The normalized spacial score (nSPS) is 10.9. The van der Waals surface area contributed by atoms with Gasteiger partial charge in [-0.15, -0.1) is 0 Å². The third kappa shape index (κ3) is 3.48. The molecule has 0 aromatic heterocycles. The molecule has 19 heavy (non-hydrogen) atoms. The van der Waals surface area contributed by atoms with Crippen LogP contribution in [0.5, 0.6) is 0 Å². The van der Waals surface area contributed by atoms with Gasteiger partial charge in [0.2, 0.25) is 0 Å². The number of hydrogen-bond acceptors (Lipinski definition) is 1. The molecule has 1 nitrogen and oxygen atoms in total. The summed E-state index contributed by atoms with van der Waals surface area (Å²) < 4.78 is 25.5. The fraction of sp³-hybridized carbons (Fsp3) is 0. The van der Waals surface area contributed by atoms with Crippen LogP contribution in [-0.4, -0.2) is 5.78 Å². The molecule has 2 rings (SSSR count). The molecule has 0 bridgehead atoms. The van der Waals surface area contributed by atoms with Crippen LogP contribution in [0.25, 0.3) is 6.08 Å². The summed E-state index contributed by atoms with van der Waals surface area (Å²) in [5, 5.41) is 0.225. The van der Waals surface area contributed by atoms with Gasteiger partial charge < -0.3 is 0 Å². The summed E-state index contributed by atoms with van der Waals surface area (Å²) in [6.07, 6.45) is 2.81. The molecule has 4 heteroatoms. The fourth-order valence-electron chi connectivity index (χ4n) is 1.51. The Hall–Kier alpha value is -2.00. The van der Waals surface area contributed by atoms with E-state index in [1.807, 2.05) is 0 Å². The maximum atomic E-state index is 12.8. The molecule has 0 N–H and O–H groups in total. The van der Waals surface area contributed by atoms with Crippen molar-refractivity contribution in [3.05, 3.63) is 76.3 Å². The first-order chi connectivity index (χ1) is 9.06. The summed E-state index contributed by atoms with van der Waals surface area (Å²) in [5.41, 5.74) is 0.911. The van der Waals surface area contributed by atoms with Gasteiger partial charge in [-0.3, -0.25) is 4.79 Å². The maximum absolute atomic E-state index is 12.8. The zero-order chi connectivity index (χ0) is 13.8. The Labute approximate surface area is 114 Å². The zero-order valence-corrected chi connectivity index (χ0v) is 10.5. The Morgan fingerprint density at radius 2 is 1.63 bits per heavy atom. The number of hydrogen-bond donors (Lipinski definition) is 0. The number of rotatable bonds is 3. The van der Waals surface area contributed by atoms with E-state index in [1.54, 1.807) is 0 Å². The Balaban J connectivity index is 2.18. The predicted molar refractivity (Wildman–Crippen MR) is 71.2 cm³/mol. The number of ketones is 1. The molecule has 0 aliphatic rings. The van der Waals surface area contributed by atoms with Gasteiger partial charge >= 0.3 is 0 Å². The number of allylic oxidation sites excluding steroid dienone is 1. The second-order valence-electron chi connectivity index (χ2n) is 3.87. The minimum atomic E-state index is -0.438. The summed E-state index contributed by atoms with van der Waals surface area (Å²) in [7, 11) is 0. The van der Waals surface area contributed by atoms with Crippen LogP contribution in [0.1, 0.15) is 15.9 Å². The molecule has 0 saturated carbocycles. The Bertz CT molecular complexity index is 633. The minimum Gasteiger partial charge on any atom is -0.289 e. The minimum absolute atomic E-state index is 0.225. The third-order valence-corrected chi connectivity index (χ3v) is 2.83. The van der Waals surface area contributed by atoms with E-state index >= 15 is 0 Å². The Morgan fingerprint density at radius 3 is 2.26 bits per heavy atom. The van der Waals surface area contributed by atoms with E-state index < -0.39 is 11.6 Å². The highest BCUT2D eigenvalue weighted by molar-refractivity contribution is 6.32. The standard InChI is InChI=1S/C15H9ClF2O/c16-14-9-13(18)7-1-10(14)4-8-15(19)11-2-5-12(17)6-3-11/h1-9H/b8-4+. The van der Waals surface area contributed by atoms with E-state index in [2.05, 4.69) is 0 Å². The lowest BCUT2D eigenvalue weighted by Gasteiger charge is -1.98. The maximum Gasteiger partial charge on any atom is 0.185 e. The predicted octanol–water partition coefficient (Wildman–Crippen LogP) is 4.51. The molecule has 0 aliphatic carbocycles.